The van der Waals surface area contributed by atoms with E-state index in [2.05, 4.69) is 10.2 Å². The normalized spacial score (nSPS) is 11.6. The van der Waals surface area contributed by atoms with Gasteiger partial charge in [0.15, 0.2) is 9.84 Å². The van der Waals surface area contributed by atoms with Crippen molar-refractivity contribution in [3.63, 3.8) is 0 Å². The third kappa shape index (κ3) is 5.03. The molecule has 0 saturated carbocycles. The van der Waals surface area contributed by atoms with E-state index in [4.69, 9.17) is 14.6 Å². The Balaban J connectivity index is 2.00. The summed E-state index contributed by atoms with van der Waals surface area (Å²) >= 11 is 0. The fourth-order valence-corrected chi connectivity index (χ4v) is 3.60. The van der Waals surface area contributed by atoms with E-state index in [9.17, 15) is 8.42 Å². The molecule has 0 spiro atoms. The summed E-state index contributed by atoms with van der Waals surface area (Å²) in [4.78, 5) is 0.263. The summed E-state index contributed by atoms with van der Waals surface area (Å²) in [6.07, 6.45) is 1.74. The number of rotatable bonds is 9. The molecule has 0 amide bonds. The Kier molecular flexibility index (Phi) is 6.68. The van der Waals surface area contributed by atoms with Crippen molar-refractivity contribution in [1.82, 2.24) is 10.2 Å². The molecule has 0 aliphatic heterocycles. The molecule has 29 heavy (non-hydrogen) atoms. The lowest BCUT2D eigenvalue weighted by atomic mass is 9.99. The molecule has 0 aliphatic rings. The van der Waals surface area contributed by atoms with Gasteiger partial charge in [0.1, 0.15) is 5.75 Å². The summed E-state index contributed by atoms with van der Waals surface area (Å²) in [5.41, 5.74) is 4.13. The molecule has 0 fully saturated rings. The molecule has 0 aliphatic carbocycles. The number of nitrogens with one attached hydrogen (secondary N) is 1. The molecule has 0 radical (unpaired) electrons. The van der Waals surface area contributed by atoms with E-state index < -0.39 is 9.84 Å². The summed E-state index contributed by atoms with van der Waals surface area (Å²) in [5, 5.41) is 16.4. The van der Waals surface area contributed by atoms with Crippen LogP contribution in [-0.4, -0.2) is 50.3 Å². The molecule has 3 rings (SSSR count). The molecule has 0 atom stereocenters. The van der Waals surface area contributed by atoms with Gasteiger partial charge in [-0.3, -0.25) is 5.10 Å². The van der Waals surface area contributed by atoms with E-state index in [0.717, 1.165) is 33.8 Å². The highest BCUT2D eigenvalue weighted by Crippen LogP contribution is 2.35. The van der Waals surface area contributed by atoms with Gasteiger partial charge in [-0.05, 0) is 36.2 Å². The number of hydrogen-bond donors (Lipinski definition) is 2. The van der Waals surface area contributed by atoms with Crippen LogP contribution in [0.1, 0.15) is 12.1 Å². The molecule has 154 valence electrons. The quantitative estimate of drug-likeness (QED) is 0.520. The zero-order valence-corrected chi connectivity index (χ0v) is 17.2. The second kappa shape index (κ2) is 9.21. The van der Waals surface area contributed by atoms with Crippen LogP contribution in [0.15, 0.2) is 53.4 Å². The Morgan fingerprint density at radius 1 is 1.03 bits per heavy atom. The summed E-state index contributed by atoms with van der Waals surface area (Å²) in [5.74, 6) is 0.747. The first kappa shape index (κ1) is 21.0. The molecule has 0 saturated heterocycles. The Labute approximate surface area is 170 Å². The lowest BCUT2D eigenvalue weighted by Crippen LogP contribution is -1.99. The SMILES string of the molecule is COc1ccc(-c2c(COCCCO)n[nH]c2-c2ccc(S(C)(=O)=O)cc2)cc1. The number of aromatic nitrogens is 2. The molecule has 0 bridgehead atoms. The van der Waals surface area contributed by atoms with Crippen molar-refractivity contribution in [1.29, 1.82) is 0 Å². The zero-order chi connectivity index (χ0) is 20.9. The van der Waals surface area contributed by atoms with Gasteiger partial charge in [-0.25, -0.2) is 8.42 Å². The maximum atomic E-state index is 11.7. The summed E-state index contributed by atoms with van der Waals surface area (Å²) in [6.45, 7) is 0.799. The highest BCUT2D eigenvalue weighted by atomic mass is 32.2. The maximum Gasteiger partial charge on any atom is 0.175 e. The lowest BCUT2D eigenvalue weighted by Gasteiger charge is -2.09. The predicted octanol–water partition coefficient (Wildman–Crippen LogP) is 3.05. The van der Waals surface area contributed by atoms with Crippen LogP contribution in [-0.2, 0) is 21.2 Å². The Bertz CT molecular complexity index is 1040. The number of H-pyrrole nitrogens is 1. The smallest absolute Gasteiger partial charge is 0.175 e. The number of aromatic amines is 1. The first-order valence-corrected chi connectivity index (χ1v) is 11.0. The van der Waals surface area contributed by atoms with E-state index in [-0.39, 0.29) is 11.5 Å². The summed E-state index contributed by atoms with van der Waals surface area (Å²) < 4.78 is 34.4. The molecule has 1 heterocycles. The Morgan fingerprint density at radius 2 is 1.69 bits per heavy atom. The molecule has 3 aromatic rings. The molecule has 0 unspecified atom stereocenters. The topological polar surface area (TPSA) is 102 Å². The first-order chi connectivity index (χ1) is 13.9. The molecule has 8 heteroatoms. The van der Waals surface area contributed by atoms with Gasteiger partial charge in [0.25, 0.3) is 0 Å². The lowest BCUT2D eigenvalue weighted by molar-refractivity contribution is 0.102. The second-order valence-corrected chi connectivity index (χ2v) is 8.59. The van der Waals surface area contributed by atoms with Crippen LogP contribution in [0, 0.1) is 0 Å². The van der Waals surface area contributed by atoms with E-state index in [1.165, 1.54) is 6.26 Å². The van der Waals surface area contributed by atoms with E-state index in [1.807, 2.05) is 24.3 Å². The minimum Gasteiger partial charge on any atom is -0.497 e. The van der Waals surface area contributed by atoms with Crippen molar-refractivity contribution in [2.45, 2.75) is 17.9 Å². The number of benzene rings is 2. The largest absolute Gasteiger partial charge is 0.497 e. The van der Waals surface area contributed by atoms with Crippen LogP contribution in [0.25, 0.3) is 22.4 Å². The third-order valence-electron chi connectivity index (χ3n) is 4.48. The minimum absolute atomic E-state index is 0.0733. The van der Waals surface area contributed by atoms with Crippen LogP contribution in [0.5, 0.6) is 5.75 Å². The Hall–Kier alpha value is -2.68. The van der Waals surface area contributed by atoms with Crippen molar-refractivity contribution in [2.24, 2.45) is 0 Å². The summed E-state index contributed by atoms with van der Waals surface area (Å²) in [7, 11) is -1.65. The van der Waals surface area contributed by atoms with Crippen LogP contribution < -0.4 is 4.74 Å². The van der Waals surface area contributed by atoms with Crippen molar-refractivity contribution in [2.75, 3.05) is 26.6 Å². The average molecular weight is 416 g/mol. The number of hydrogen-bond acceptors (Lipinski definition) is 6. The van der Waals surface area contributed by atoms with E-state index in [0.29, 0.717) is 19.6 Å². The number of ether oxygens (including phenoxy) is 2. The van der Waals surface area contributed by atoms with Gasteiger partial charge >= 0.3 is 0 Å². The number of methoxy groups -OCH3 is 1. The van der Waals surface area contributed by atoms with Crippen LogP contribution in [0.3, 0.4) is 0 Å². The fourth-order valence-electron chi connectivity index (χ4n) is 2.97. The van der Waals surface area contributed by atoms with Gasteiger partial charge in [0.2, 0.25) is 0 Å². The highest BCUT2D eigenvalue weighted by molar-refractivity contribution is 7.90. The van der Waals surface area contributed by atoms with Crippen molar-refractivity contribution in [3.05, 3.63) is 54.2 Å². The average Bonchev–Trinajstić information content (AvgIpc) is 3.14. The number of aliphatic hydroxyl groups is 1. The first-order valence-electron chi connectivity index (χ1n) is 9.15. The van der Waals surface area contributed by atoms with E-state index in [1.54, 1.807) is 31.4 Å². The zero-order valence-electron chi connectivity index (χ0n) is 16.4. The van der Waals surface area contributed by atoms with Gasteiger partial charge < -0.3 is 14.6 Å². The van der Waals surface area contributed by atoms with Gasteiger partial charge in [-0.15, -0.1) is 0 Å². The Morgan fingerprint density at radius 3 is 2.28 bits per heavy atom. The number of sulfone groups is 1. The predicted molar refractivity (Wildman–Crippen MR) is 110 cm³/mol. The van der Waals surface area contributed by atoms with Crippen LogP contribution >= 0.6 is 0 Å². The van der Waals surface area contributed by atoms with Crippen molar-refractivity contribution >= 4 is 9.84 Å². The van der Waals surface area contributed by atoms with E-state index >= 15 is 0 Å². The van der Waals surface area contributed by atoms with Gasteiger partial charge in [0, 0.05) is 30.6 Å². The van der Waals surface area contributed by atoms with Crippen LogP contribution in [0.4, 0.5) is 0 Å². The van der Waals surface area contributed by atoms with Gasteiger partial charge in [-0.1, -0.05) is 24.3 Å². The van der Waals surface area contributed by atoms with Gasteiger partial charge in [0.05, 0.1) is 30.0 Å². The monoisotopic (exact) mass is 416 g/mol. The molecular weight excluding hydrogens is 392 g/mol. The third-order valence-corrected chi connectivity index (χ3v) is 5.61. The number of aliphatic hydroxyl groups excluding tert-OH is 1. The summed E-state index contributed by atoms with van der Waals surface area (Å²) in [6, 6.07) is 14.3. The second-order valence-electron chi connectivity index (χ2n) is 6.58. The number of nitrogens with zero attached hydrogens (tertiary/aromatic N) is 1. The fraction of sp³-hybridized carbons (Fsp3) is 0.286. The van der Waals surface area contributed by atoms with Crippen LogP contribution in [0.2, 0.25) is 0 Å². The highest BCUT2D eigenvalue weighted by Gasteiger charge is 2.18. The van der Waals surface area contributed by atoms with Crippen molar-refractivity contribution < 1.29 is 23.0 Å². The minimum atomic E-state index is -3.26. The standard InChI is InChI=1S/C21H24N2O5S/c1-27-17-8-4-15(5-9-17)20-19(14-28-13-3-12-24)22-23-21(20)16-6-10-18(11-7-16)29(2,25)26/h4-11,24H,3,12-14H2,1-2H3,(H,22,23). The maximum absolute atomic E-state index is 11.7. The van der Waals surface area contributed by atoms with Gasteiger partial charge in [-0.2, -0.15) is 5.10 Å². The molecule has 2 aromatic carbocycles. The molecular formula is C21H24N2O5S. The molecule has 7 nitrogen and oxygen atoms in total. The molecule has 2 N–H and O–H groups in total. The van der Waals surface area contributed by atoms with Crippen molar-refractivity contribution in [3.8, 4) is 28.1 Å². The molecule has 1 aromatic heterocycles.